The molecule has 1 aromatic rings. The van der Waals surface area contributed by atoms with Crippen molar-refractivity contribution < 1.29 is 9.53 Å². The lowest BCUT2D eigenvalue weighted by atomic mass is 9.90. The van der Waals surface area contributed by atoms with Crippen molar-refractivity contribution in [2.24, 2.45) is 5.92 Å². The number of likely N-dealkylation sites (tertiary alicyclic amines) is 1. The number of hydrogen-bond acceptors (Lipinski definition) is 3. The molecule has 1 heterocycles. The van der Waals surface area contributed by atoms with Crippen LogP contribution in [0.1, 0.15) is 53.0 Å². The Balaban J connectivity index is 1.86. The van der Waals surface area contributed by atoms with Gasteiger partial charge in [-0.2, -0.15) is 0 Å². The Labute approximate surface area is 146 Å². The predicted octanol–water partition coefficient (Wildman–Crippen LogP) is 4.70. The normalized spacial score (nSPS) is 17.5. The molecule has 4 nitrogen and oxygen atoms in total. The van der Waals surface area contributed by atoms with E-state index in [0.717, 1.165) is 32.4 Å². The third-order valence-corrected chi connectivity index (χ3v) is 4.68. The number of hydrogen-bond donors (Lipinski definition) is 1. The summed E-state index contributed by atoms with van der Waals surface area (Å²) in [7, 11) is 0. The zero-order chi connectivity index (χ0) is 17.7. The first-order chi connectivity index (χ1) is 11.3. The molecule has 1 aliphatic rings. The first-order valence-electron chi connectivity index (χ1n) is 9.12. The molecule has 134 valence electrons. The van der Waals surface area contributed by atoms with E-state index in [1.54, 1.807) is 0 Å². The molecule has 24 heavy (non-hydrogen) atoms. The Morgan fingerprint density at radius 1 is 1.29 bits per heavy atom. The van der Waals surface area contributed by atoms with E-state index in [1.165, 1.54) is 11.3 Å². The lowest BCUT2D eigenvalue weighted by Gasteiger charge is -2.36. The molecule has 0 spiro atoms. The van der Waals surface area contributed by atoms with E-state index < -0.39 is 5.60 Å². The fourth-order valence-corrected chi connectivity index (χ4v) is 3.24. The van der Waals surface area contributed by atoms with Gasteiger partial charge in [0.15, 0.2) is 0 Å². The summed E-state index contributed by atoms with van der Waals surface area (Å²) in [6.45, 7) is 11.7. The molecule has 1 fully saturated rings. The summed E-state index contributed by atoms with van der Waals surface area (Å²) in [5.74, 6) is 0.577. The molecule has 0 aromatic heterocycles. The molecule has 0 bridgehead atoms. The Kier molecular flexibility index (Phi) is 6.14. The molecule has 0 saturated carbocycles. The lowest BCUT2D eigenvalue weighted by molar-refractivity contribution is 0.0179. The minimum atomic E-state index is -0.424. The summed E-state index contributed by atoms with van der Waals surface area (Å²) in [5.41, 5.74) is 2.17. The van der Waals surface area contributed by atoms with E-state index in [4.69, 9.17) is 4.74 Å². The quantitative estimate of drug-likeness (QED) is 0.869. The fourth-order valence-electron chi connectivity index (χ4n) is 3.24. The first kappa shape index (κ1) is 18.6. The van der Waals surface area contributed by atoms with Gasteiger partial charge < -0.3 is 15.0 Å². The highest BCUT2D eigenvalue weighted by Gasteiger charge is 2.29. The van der Waals surface area contributed by atoms with Gasteiger partial charge in [0.05, 0.1) is 0 Å². The molecule has 1 atom stereocenters. The van der Waals surface area contributed by atoms with E-state index >= 15 is 0 Å². The van der Waals surface area contributed by atoms with Crippen molar-refractivity contribution in [1.82, 2.24) is 4.90 Å². The number of anilines is 1. The second-order valence-corrected chi connectivity index (χ2v) is 7.75. The number of para-hydroxylation sites is 1. The lowest BCUT2D eigenvalue weighted by Crippen LogP contribution is -2.44. The molecule has 2 rings (SSSR count). The van der Waals surface area contributed by atoms with Crippen LogP contribution in [-0.2, 0) is 11.2 Å². The molecule has 1 aliphatic heterocycles. The number of carbonyl (C=O) groups is 1. The molecule has 1 saturated heterocycles. The van der Waals surface area contributed by atoms with Crippen molar-refractivity contribution in [3.05, 3.63) is 29.8 Å². The van der Waals surface area contributed by atoms with Gasteiger partial charge in [0.2, 0.25) is 0 Å². The number of carbonyl (C=O) groups excluding carboxylic acids is 1. The maximum atomic E-state index is 12.2. The van der Waals surface area contributed by atoms with Crippen LogP contribution in [0.25, 0.3) is 0 Å². The maximum Gasteiger partial charge on any atom is 0.410 e. The van der Waals surface area contributed by atoms with Crippen molar-refractivity contribution in [3.63, 3.8) is 0 Å². The fraction of sp³-hybridized carbons (Fsp3) is 0.650. The molecule has 0 aliphatic carbocycles. The summed E-state index contributed by atoms with van der Waals surface area (Å²) in [4.78, 5) is 14.0. The number of benzene rings is 1. The monoisotopic (exact) mass is 332 g/mol. The SMILES string of the molecule is CCc1ccccc1NC(C)C1CCN(C(=O)OC(C)(C)C)CC1. The zero-order valence-corrected chi connectivity index (χ0v) is 15.8. The van der Waals surface area contributed by atoms with Crippen LogP contribution < -0.4 is 5.32 Å². The molecule has 1 aromatic carbocycles. The van der Waals surface area contributed by atoms with Crippen molar-refractivity contribution in [1.29, 1.82) is 0 Å². The Bertz CT molecular complexity index is 543. The number of aryl methyl sites for hydroxylation is 1. The Morgan fingerprint density at radius 3 is 2.50 bits per heavy atom. The summed E-state index contributed by atoms with van der Waals surface area (Å²) >= 11 is 0. The van der Waals surface area contributed by atoms with Gasteiger partial charge in [-0.3, -0.25) is 0 Å². The summed E-state index contributed by atoms with van der Waals surface area (Å²) in [6.07, 6.45) is 2.88. The van der Waals surface area contributed by atoms with Gasteiger partial charge >= 0.3 is 6.09 Å². The van der Waals surface area contributed by atoms with Crippen LogP contribution in [0.2, 0.25) is 0 Å². The van der Waals surface area contributed by atoms with Gasteiger partial charge in [-0.05, 0) is 64.5 Å². The largest absolute Gasteiger partial charge is 0.444 e. The summed E-state index contributed by atoms with van der Waals surface area (Å²) < 4.78 is 5.47. The minimum absolute atomic E-state index is 0.183. The standard InChI is InChI=1S/C20H32N2O2/c1-6-16-9-7-8-10-18(16)21-15(2)17-11-13-22(14-12-17)19(23)24-20(3,4)5/h7-10,15,17,21H,6,11-14H2,1-5H3. The molecule has 0 radical (unpaired) electrons. The first-order valence-corrected chi connectivity index (χ1v) is 9.12. The van der Waals surface area contributed by atoms with E-state index in [9.17, 15) is 4.79 Å². The zero-order valence-electron chi connectivity index (χ0n) is 15.8. The maximum absolute atomic E-state index is 12.2. The van der Waals surface area contributed by atoms with Crippen LogP contribution in [0, 0.1) is 5.92 Å². The smallest absolute Gasteiger partial charge is 0.410 e. The van der Waals surface area contributed by atoms with Gasteiger partial charge in [0, 0.05) is 24.8 Å². The second kappa shape index (κ2) is 7.91. The van der Waals surface area contributed by atoms with Gasteiger partial charge in [-0.25, -0.2) is 4.79 Å². The number of nitrogens with zero attached hydrogens (tertiary/aromatic N) is 1. The van der Waals surface area contributed by atoms with Gasteiger partial charge in [0.25, 0.3) is 0 Å². The topological polar surface area (TPSA) is 41.6 Å². The third-order valence-electron chi connectivity index (χ3n) is 4.68. The van der Waals surface area contributed by atoms with Crippen LogP contribution in [-0.4, -0.2) is 35.7 Å². The number of amides is 1. The number of ether oxygens (including phenoxy) is 1. The van der Waals surface area contributed by atoms with Crippen molar-refractivity contribution in [3.8, 4) is 0 Å². The highest BCUT2D eigenvalue weighted by molar-refractivity contribution is 5.68. The van der Waals surface area contributed by atoms with Crippen LogP contribution in [0.15, 0.2) is 24.3 Å². The Morgan fingerprint density at radius 2 is 1.92 bits per heavy atom. The minimum Gasteiger partial charge on any atom is -0.444 e. The van der Waals surface area contributed by atoms with Crippen LogP contribution in [0.4, 0.5) is 10.5 Å². The van der Waals surface area contributed by atoms with Crippen LogP contribution in [0.3, 0.4) is 0 Å². The van der Waals surface area contributed by atoms with E-state index in [2.05, 4.69) is 43.4 Å². The second-order valence-electron chi connectivity index (χ2n) is 7.75. The number of piperidine rings is 1. The molecular weight excluding hydrogens is 300 g/mol. The molecule has 1 unspecified atom stereocenters. The van der Waals surface area contributed by atoms with Crippen molar-refractivity contribution in [2.45, 2.75) is 65.5 Å². The molecule has 1 N–H and O–H groups in total. The van der Waals surface area contributed by atoms with Crippen molar-refractivity contribution >= 4 is 11.8 Å². The summed E-state index contributed by atoms with van der Waals surface area (Å²) in [6, 6.07) is 8.91. The third kappa shape index (κ3) is 5.15. The Hall–Kier alpha value is -1.71. The van der Waals surface area contributed by atoms with E-state index in [1.807, 2.05) is 25.7 Å². The van der Waals surface area contributed by atoms with E-state index in [-0.39, 0.29) is 6.09 Å². The van der Waals surface area contributed by atoms with E-state index in [0.29, 0.717) is 12.0 Å². The van der Waals surface area contributed by atoms with Gasteiger partial charge in [-0.1, -0.05) is 25.1 Å². The highest BCUT2D eigenvalue weighted by Crippen LogP contribution is 2.26. The molecular formula is C20H32N2O2. The number of rotatable bonds is 4. The van der Waals surface area contributed by atoms with Gasteiger partial charge in [-0.15, -0.1) is 0 Å². The van der Waals surface area contributed by atoms with Gasteiger partial charge in [0.1, 0.15) is 5.60 Å². The average Bonchev–Trinajstić information content (AvgIpc) is 2.54. The summed E-state index contributed by atoms with van der Waals surface area (Å²) in [5, 5.41) is 3.68. The molecule has 1 amide bonds. The van der Waals surface area contributed by atoms with Crippen LogP contribution >= 0.6 is 0 Å². The average molecular weight is 332 g/mol. The number of nitrogens with one attached hydrogen (secondary N) is 1. The van der Waals surface area contributed by atoms with Crippen LogP contribution in [0.5, 0.6) is 0 Å². The highest BCUT2D eigenvalue weighted by atomic mass is 16.6. The predicted molar refractivity (Wildman–Crippen MR) is 99.4 cm³/mol. The molecule has 4 heteroatoms. The van der Waals surface area contributed by atoms with Crippen molar-refractivity contribution in [2.75, 3.05) is 18.4 Å².